The third kappa shape index (κ3) is 4.84. The van der Waals surface area contributed by atoms with Gasteiger partial charge in [-0.05, 0) is 42.6 Å². The number of nitrogens with zero attached hydrogens (tertiary/aromatic N) is 1. The topological polar surface area (TPSA) is 50.8 Å². The molecule has 0 aliphatic heterocycles. The van der Waals surface area contributed by atoms with Crippen molar-refractivity contribution in [3.8, 4) is 11.5 Å². The summed E-state index contributed by atoms with van der Waals surface area (Å²) in [5, 5.41) is 3.15. The summed E-state index contributed by atoms with van der Waals surface area (Å²) >= 11 is 0. The summed E-state index contributed by atoms with van der Waals surface area (Å²) in [5.41, 5.74) is 2.56. The molecule has 0 radical (unpaired) electrons. The molecule has 0 atom stereocenters. The first-order valence-electron chi connectivity index (χ1n) is 9.85. The van der Waals surface area contributed by atoms with E-state index in [9.17, 15) is 4.79 Å². The van der Waals surface area contributed by atoms with Gasteiger partial charge in [0, 0.05) is 18.5 Å². The van der Waals surface area contributed by atoms with Gasteiger partial charge in [-0.3, -0.25) is 9.69 Å². The van der Waals surface area contributed by atoms with E-state index >= 15 is 0 Å². The number of nitrogens with one attached hydrogen (secondary N) is 1. The molecule has 5 nitrogen and oxygen atoms in total. The zero-order chi connectivity index (χ0) is 20.0. The normalized spacial score (nSPS) is 14.6. The van der Waals surface area contributed by atoms with E-state index in [0.717, 1.165) is 24.9 Å². The molecular weight excluding hydrogens is 352 g/mol. The number of rotatable bonds is 10. The molecular formula is C23H30N2O3. The molecule has 0 aromatic heterocycles. The fourth-order valence-corrected chi connectivity index (χ4v) is 3.55. The van der Waals surface area contributed by atoms with Crippen molar-refractivity contribution in [2.24, 2.45) is 0 Å². The molecule has 28 heavy (non-hydrogen) atoms. The van der Waals surface area contributed by atoms with Crippen LogP contribution in [0.5, 0.6) is 11.5 Å². The summed E-state index contributed by atoms with van der Waals surface area (Å²) in [6.45, 7) is 4.65. The lowest BCUT2D eigenvalue weighted by atomic mass is 9.96. The van der Waals surface area contributed by atoms with Gasteiger partial charge in [0.2, 0.25) is 5.91 Å². The van der Waals surface area contributed by atoms with Gasteiger partial charge in [-0.1, -0.05) is 43.3 Å². The van der Waals surface area contributed by atoms with E-state index in [4.69, 9.17) is 9.47 Å². The highest BCUT2D eigenvalue weighted by Gasteiger charge is 2.44. The van der Waals surface area contributed by atoms with Crippen molar-refractivity contribution in [1.82, 2.24) is 10.2 Å². The summed E-state index contributed by atoms with van der Waals surface area (Å²) in [5.74, 6) is 1.49. The molecule has 1 saturated carbocycles. The molecule has 1 amide bonds. The smallest absolute Gasteiger partial charge is 0.234 e. The average molecular weight is 383 g/mol. The molecule has 1 aliphatic carbocycles. The molecule has 5 heteroatoms. The molecule has 3 rings (SSSR count). The van der Waals surface area contributed by atoms with Crippen LogP contribution in [0.2, 0.25) is 0 Å². The van der Waals surface area contributed by atoms with Gasteiger partial charge in [-0.25, -0.2) is 0 Å². The van der Waals surface area contributed by atoms with Crippen LogP contribution in [0.4, 0.5) is 0 Å². The summed E-state index contributed by atoms with van der Waals surface area (Å²) < 4.78 is 10.7. The van der Waals surface area contributed by atoms with E-state index in [2.05, 4.69) is 41.4 Å². The number of hydrogen-bond donors (Lipinski definition) is 1. The van der Waals surface area contributed by atoms with Crippen LogP contribution in [0.25, 0.3) is 0 Å². The van der Waals surface area contributed by atoms with E-state index in [0.29, 0.717) is 31.1 Å². The lowest BCUT2D eigenvalue weighted by Crippen LogP contribution is -2.40. The Hall–Kier alpha value is -2.53. The zero-order valence-corrected chi connectivity index (χ0v) is 17.0. The van der Waals surface area contributed by atoms with Crippen molar-refractivity contribution in [3.63, 3.8) is 0 Å². The molecule has 0 spiro atoms. The predicted molar refractivity (Wildman–Crippen MR) is 111 cm³/mol. The second-order valence-corrected chi connectivity index (χ2v) is 7.42. The molecule has 2 aromatic carbocycles. The van der Waals surface area contributed by atoms with Gasteiger partial charge in [0.05, 0.1) is 20.8 Å². The van der Waals surface area contributed by atoms with Gasteiger partial charge in [0.15, 0.2) is 11.5 Å². The van der Waals surface area contributed by atoms with E-state index in [1.54, 1.807) is 14.2 Å². The SMILES string of the molecule is CCN(CC(=O)NCC1(c2ccccc2)CC1)Cc1ccc(OC)c(OC)c1. The quantitative estimate of drug-likeness (QED) is 0.684. The van der Waals surface area contributed by atoms with Crippen molar-refractivity contribution < 1.29 is 14.3 Å². The Kier molecular flexibility index (Phi) is 6.57. The number of carbonyl (C=O) groups is 1. The standard InChI is InChI=1S/C23H30N2O3/c1-4-25(15-18-10-11-20(27-2)21(14-18)28-3)16-22(26)24-17-23(12-13-23)19-8-6-5-7-9-19/h5-11,14H,4,12-13,15-17H2,1-3H3,(H,24,26). The van der Waals surface area contributed by atoms with Crippen molar-refractivity contribution in [2.45, 2.75) is 31.7 Å². The van der Waals surface area contributed by atoms with E-state index in [1.165, 1.54) is 5.56 Å². The molecule has 2 aromatic rings. The number of amides is 1. The minimum atomic E-state index is 0.0736. The molecule has 0 bridgehead atoms. The Bertz CT molecular complexity index is 788. The maximum atomic E-state index is 12.5. The number of carbonyl (C=O) groups excluding carboxylic acids is 1. The monoisotopic (exact) mass is 382 g/mol. The lowest BCUT2D eigenvalue weighted by molar-refractivity contribution is -0.122. The number of methoxy groups -OCH3 is 2. The molecule has 1 N–H and O–H groups in total. The maximum Gasteiger partial charge on any atom is 0.234 e. The van der Waals surface area contributed by atoms with Gasteiger partial charge in [0.1, 0.15) is 0 Å². The molecule has 1 aliphatic rings. The van der Waals surface area contributed by atoms with Gasteiger partial charge < -0.3 is 14.8 Å². The molecule has 0 unspecified atom stereocenters. The highest BCUT2D eigenvalue weighted by Crippen LogP contribution is 2.47. The van der Waals surface area contributed by atoms with Gasteiger partial charge in [0.25, 0.3) is 0 Å². The second kappa shape index (κ2) is 9.11. The van der Waals surface area contributed by atoms with E-state index in [1.807, 2.05) is 24.3 Å². The van der Waals surface area contributed by atoms with Crippen LogP contribution < -0.4 is 14.8 Å². The number of ether oxygens (including phenoxy) is 2. The van der Waals surface area contributed by atoms with Crippen LogP contribution in [0, 0.1) is 0 Å². The minimum Gasteiger partial charge on any atom is -0.493 e. The van der Waals surface area contributed by atoms with Crippen LogP contribution in [0.3, 0.4) is 0 Å². The largest absolute Gasteiger partial charge is 0.493 e. The molecule has 0 saturated heterocycles. The number of likely N-dealkylation sites (N-methyl/N-ethyl adjacent to an activating group) is 1. The lowest BCUT2D eigenvalue weighted by Gasteiger charge is -2.22. The van der Waals surface area contributed by atoms with Crippen molar-refractivity contribution in [1.29, 1.82) is 0 Å². The molecule has 1 fully saturated rings. The Labute approximate surface area is 167 Å². The van der Waals surface area contributed by atoms with Crippen LogP contribution >= 0.6 is 0 Å². The first kappa shape index (κ1) is 20.2. The van der Waals surface area contributed by atoms with Gasteiger partial charge in [-0.2, -0.15) is 0 Å². The Balaban J connectivity index is 1.54. The van der Waals surface area contributed by atoms with Crippen molar-refractivity contribution in [2.75, 3.05) is 33.9 Å². The average Bonchev–Trinajstić information content (AvgIpc) is 3.53. The highest BCUT2D eigenvalue weighted by atomic mass is 16.5. The minimum absolute atomic E-state index is 0.0736. The Morgan fingerprint density at radius 1 is 1.07 bits per heavy atom. The Morgan fingerprint density at radius 3 is 2.39 bits per heavy atom. The van der Waals surface area contributed by atoms with Gasteiger partial charge >= 0.3 is 0 Å². The molecule has 0 heterocycles. The summed E-state index contributed by atoms with van der Waals surface area (Å²) in [4.78, 5) is 14.7. The highest BCUT2D eigenvalue weighted by molar-refractivity contribution is 5.78. The summed E-state index contributed by atoms with van der Waals surface area (Å²) in [7, 11) is 3.26. The van der Waals surface area contributed by atoms with Crippen molar-refractivity contribution >= 4 is 5.91 Å². The molecule has 150 valence electrons. The maximum absolute atomic E-state index is 12.5. The van der Waals surface area contributed by atoms with Gasteiger partial charge in [-0.15, -0.1) is 0 Å². The fourth-order valence-electron chi connectivity index (χ4n) is 3.55. The Morgan fingerprint density at radius 2 is 1.79 bits per heavy atom. The third-order valence-electron chi connectivity index (χ3n) is 5.53. The van der Waals surface area contributed by atoms with E-state index in [-0.39, 0.29) is 11.3 Å². The first-order chi connectivity index (χ1) is 13.6. The van der Waals surface area contributed by atoms with Crippen LogP contribution in [-0.2, 0) is 16.8 Å². The predicted octanol–water partition coefficient (Wildman–Crippen LogP) is 3.37. The summed E-state index contributed by atoms with van der Waals surface area (Å²) in [6, 6.07) is 16.4. The van der Waals surface area contributed by atoms with Crippen LogP contribution in [-0.4, -0.2) is 44.7 Å². The third-order valence-corrected chi connectivity index (χ3v) is 5.53. The summed E-state index contributed by atoms with van der Waals surface area (Å²) in [6.07, 6.45) is 2.28. The van der Waals surface area contributed by atoms with Crippen molar-refractivity contribution in [3.05, 3.63) is 59.7 Å². The number of benzene rings is 2. The second-order valence-electron chi connectivity index (χ2n) is 7.42. The fraction of sp³-hybridized carbons (Fsp3) is 0.435. The van der Waals surface area contributed by atoms with Crippen LogP contribution in [0.15, 0.2) is 48.5 Å². The first-order valence-corrected chi connectivity index (χ1v) is 9.85. The van der Waals surface area contributed by atoms with E-state index < -0.39 is 0 Å². The van der Waals surface area contributed by atoms with Crippen LogP contribution in [0.1, 0.15) is 30.9 Å². The number of hydrogen-bond acceptors (Lipinski definition) is 4. The zero-order valence-electron chi connectivity index (χ0n) is 17.0.